The Morgan fingerprint density at radius 2 is 1.59 bits per heavy atom. The quantitative estimate of drug-likeness (QED) is 0.507. The summed E-state index contributed by atoms with van der Waals surface area (Å²) < 4.78 is 16.3. The van der Waals surface area contributed by atoms with Crippen LogP contribution in [0.4, 0.5) is 10.1 Å². The molecule has 160 valence electrons. The van der Waals surface area contributed by atoms with E-state index in [1.807, 2.05) is 54.2 Å². The maximum Gasteiger partial charge on any atom is 0.254 e. The van der Waals surface area contributed by atoms with Crippen LogP contribution in [0.2, 0.25) is 0 Å². The number of carbonyl (C=O) groups excluding carboxylic acids is 2. The molecule has 0 radical (unpaired) electrons. The van der Waals surface area contributed by atoms with E-state index in [1.165, 1.54) is 12.1 Å². The summed E-state index contributed by atoms with van der Waals surface area (Å²) in [7, 11) is 3.66. The van der Waals surface area contributed by atoms with Crippen LogP contribution in [0.25, 0.3) is 10.9 Å². The number of amides is 2. The summed E-state index contributed by atoms with van der Waals surface area (Å²) in [5.74, 6) is -1.72. The van der Waals surface area contributed by atoms with Gasteiger partial charge < -0.3 is 14.8 Å². The summed E-state index contributed by atoms with van der Waals surface area (Å²) in [5.41, 5.74) is 3.13. The van der Waals surface area contributed by atoms with Crippen molar-refractivity contribution >= 4 is 28.4 Å². The van der Waals surface area contributed by atoms with E-state index < -0.39 is 17.8 Å². The summed E-state index contributed by atoms with van der Waals surface area (Å²) >= 11 is 0. The average molecular weight is 427 g/mol. The summed E-state index contributed by atoms with van der Waals surface area (Å²) in [6, 6.07) is 20.6. The second-order valence-corrected chi connectivity index (χ2v) is 8.11. The second-order valence-electron chi connectivity index (χ2n) is 8.11. The van der Waals surface area contributed by atoms with E-state index in [1.54, 1.807) is 36.2 Å². The first kappa shape index (κ1) is 20.0. The Morgan fingerprint density at radius 3 is 2.41 bits per heavy atom. The molecule has 1 aromatic heterocycles. The standard InChI is InChI=1S/C26H22FN3O2/c1-29-15-19(16-9-5-8-14-22(16)29)24-23(25(31)28-21-13-7-6-12-20(21)27)17-10-3-4-11-18(17)26(32)30(24)2/h3-15,23-24H,1-2H3,(H,28,31)/t23-,24+/m0/s1. The molecule has 2 heterocycles. The topological polar surface area (TPSA) is 54.3 Å². The van der Waals surface area contributed by atoms with Gasteiger partial charge >= 0.3 is 0 Å². The molecule has 5 nitrogen and oxygen atoms in total. The molecule has 6 heteroatoms. The number of hydrogen-bond donors (Lipinski definition) is 1. The minimum Gasteiger partial charge on any atom is -0.350 e. The molecule has 2 atom stereocenters. The van der Waals surface area contributed by atoms with E-state index in [0.29, 0.717) is 11.1 Å². The minimum absolute atomic E-state index is 0.117. The number of hydrogen-bond acceptors (Lipinski definition) is 2. The summed E-state index contributed by atoms with van der Waals surface area (Å²) in [6.07, 6.45) is 1.97. The second kappa shape index (κ2) is 7.64. The Balaban J connectivity index is 1.69. The molecule has 5 rings (SSSR count). The Bertz CT molecular complexity index is 1360. The van der Waals surface area contributed by atoms with Crippen LogP contribution in [0, 0.1) is 5.82 Å². The van der Waals surface area contributed by atoms with Crippen molar-refractivity contribution in [2.24, 2.45) is 7.05 Å². The summed E-state index contributed by atoms with van der Waals surface area (Å²) in [4.78, 5) is 28.5. The molecule has 1 aliphatic rings. The van der Waals surface area contributed by atoms with E-state index in [2.05, 4.69) is 5.32 Å². The SMILES string of the molecule is CN1C(=O)c2ccccc2[C@H](C(=O)Nc2ccccc2F)[C@H]1c1cn(C)c2ccccc12. The minimum atomic E-state index is -0.709. The molecule has 2 amide bonds. The molecule has 3 aromatic carbocycles. The van der Waals surface area contributed by atoms with Crippen molar-refractivity contribution in [1.29, 1.82) is 0 Å². The van der Waals surface area contributed by atoms with Crippen molar-refractivity contribution in [3.05, 3.63) is 102 Å². The predicted octanol–water partition coefficient (Wildman–Crippen LogP) is 4.87. The first-order valence-corrected chi connectivity index (χ1v) is 10.4. The number of halogens is 1. The van der Waals surface area contributed by atoms with Gasteiger partial charge in [-0.2, -0.15) is 0 Å². The maximum atomic E-state index is 14.3. The molecule has 4 aromatic rings. The third kappa shape index (κ3) is 3.07. The fourth-order valence-corrected chi connectivity index (χ4v) is 4.73. The van der Waals surface area contributed by atoms with Crippen molar-refractivity contribution in [3.63, 3.8) is 0 Å². The van der Waals surface area contributed by atoms with Crippen LogP contribution in [-0.2, 0) is 11.8 Å². The average Bonchev–Trinajstić information content (AvgIpc) is 3.14. The number of nitrogens with zero attached hydrogens (tertiary/aromatic N) is 2. The number of fused-ring (bicyclic) bond motifs is 2. The lowest BCUT2D eigenvalue weighted by atomic mass is 9.79. The van der Waals surface area contributed by atoms with Gasteiger partial charge in [-0.3, -0.25) is 9.59 Å². The Morgan fingerprint density at radius 1 is 0.906 bits per heavy atom. The van der Waals surface area contributed by atoms with Crippen LogP contribution in [-0.4, -0.2) is 28.3 Å². The molecule has 0 unspecified atom stereocenters. The molecule has 0 saturated carbocycles. The van der Waals surface area contributed by atoms with Gasteiger partial charge in [-0.15, -0.1) is 0 Å². The smallest absolute Gasteiger partial charge is 0.254 e. The molecule has 1 N–H and O–H groups in total. The van der Waals surface area contributed by atoms with Crippen molar-refractivity contribution in [3.8, 4) is 0 Å². The Labute approximate surface area is 185 Å². The maximum absolute atomic E-state index is 14.3. The number of nitrogens with one attached hydrogen (secondary N) is 1. The third-order valence-corrected chi connectivity index (χ3v) is 6.24. The highest BCUT2D eigenvalue weighted by molar-refractivity contribution is 6.05. The molecule has 1 aliphatic heterocycles. The summed E-state index contributed by atoms with van der Waals surface area (Å²) in [5, 5.41) is 3.73. The number of aromatic nitrogens is 1. The number of anilines is 1. The molecule has 0 fully saturated rings. The van der Waals surface area contributed by atoms with Crippen molar-refractivity contribution < 1.29 is 14.0 Å². The van der Waals surface area contributed by atoms with E-state index in [9.17, 15) is 14.0 Å². The molecule has 0 aliphatic carbocycles. The first-order valence-electron chi connectivity index (χ1n) is 10.4. The van der Waals surface area contributed by atoms with E-state index >= 15 is 0 Å². The van der Waals surface area contributed by atoms with E-state index in [4.69, 9.17) is 0 Å². The predicted molar refractivity (Wildman–Crippen MR) is 122 cm³/mol. The number of aryl methyl sites for hydroxylation is 1. The van der Waals surface area contributed by atoms with E-state index in [-0.39, 0.29) is 17.5 Å². The van der Waals surface area contributed by atoms with Crippen molar-refractivity contribution in [1.82, 2.24) is 9.47 Å². The lowest BCUT2D eigenvalue weighted by molar-refractivity contribution is -0.119. The third-order valence-electron chi connectivity index (χ3n) is 6.24. The van der Waals surface area contributed by atoms with Gasteiger partial charge in [0.05, 0.1) is 17.6 Å². The van der Waals surface area contributed by atoms with Gasteiger partial charge in [-0.1, -0.05) is 48.5 Å². The van der Waals surface area contributed by atoms with E-state index in [0.717, 1.165) is 16.5 Å². The number of rotatable bonds is 3. The zero-order valence-electron chi connectivity index (χ0n) is 17.7. The van der Waals surface area contributed by atoms with Gasteiger partial charge in [-0.25, -0.2) is 4.39 Å². The van der Waals surface area contributed by atoms with Gasteiger partial charge in [0.15, 0.2) is 0 Å². The molecular formula is C26H22FN3O2. The number of para-hydroxylation sites is 2. The van der Waals surface area contributed by atoms with Gasteiger partial charge in [0.25, 0.3) is 5.91 Å². The van der Waals surface area contributed by atoms with Crippen molar-refractivity contribution in [2.45, 2.75) is 12.0 Å². The fourth-order valence-electron chi connectivity index (χ4n) is 4.73. The zero-order valence-corrected chi connectivity index (χ0v) is 17.7. The fraction of sp³-hybridized carbons (Fsp3) is 0.154. The molecule has 32 heavy (non-hydrogen) atoms. The highest BCUT2D eigenvalue weighted by Gasteiger charge is 2.43. The van der Waals surface area contributed by atoms with Crippen LogP contribution in [0.1, 0.15) is 33.4 Å². The highest BCUT2D eigenvalue weighted by Crippen LogP contribution is 2.44. The Kier molecular flexibility index (Phi) is 4.78. The van der Waals surface area contributed by atoms with Gasteiger partial charge in [0.2, 0.25) is 5.91 Å². The zero-order chi connectivity index (χ0) is 22.4. The summed E-state index contributed by atoms with van der Waals surface area (Å²) in [6.45, 7) is 0. The lowest BCUT2D eigenvalue weighted by Gasteiger charge is -2.39. The largest absolute Gasteiger partial charge is 0.350 e. The van der Waals surface area contributed by atoms with Gasteiger partial charge in [0, 0.05) is 42.3 Å². The van der Waals surface area contributed by atoms with Crippen molar-refractivity contribution in [2.75, 3.05) is 12.4 Å². The molecule has 0 bridgehead atoms. The van der Waals surface area contributed by atoms with Crippen LogP contribution in [0.3, 0.4) is 0 Å². The van der Waals surface area contributed by atoms with Crippen LogP contribution in [0.5, 0.6) is 0 Å². The first-order chi connectivity index (χ1) is 15.5. The van der Waals surface area contributed by atoms with Gasteiger partial charge in [-0.05, 0) is 29.8 Å². The molecular weight excluding hydrogens is 405 g/mol. The molecule has 0 spiro atoms. The highest BCUT2D eigenvalue weighted by atomic mass is 19.1. The lowest BCUT2D eigenvalue weighted by Crippen LogP contribution is -2.44. The number of carbonyl (C=O) groups is 2. The Hall–Kier alpha value is -3.93. The van der Waals surface area contributed by atoms with Crippen LogP contribution in [0.15, 0.2) is 79.0 Å². The van der Waals surface area contributed by atoms with Gasteiger partial charge in [0.1, 0.15) is 5.82 Å². The monoisotopic (exact) mass is 427 g/mol. The number of benzene rings is 3. The molecule has 0 saturated heterocycles. The van der Waals surface area contributed by atoms with Crippen LogP contribution < -0.4 is 5.32 Å². The normalized spacial score (nSPS) is 18.0. The number of likely N-dealkylation sites (N-methyl/N-ethyl adjacent to an activating group) is 1. The van der Waals surface area contributed by atoms with Crippen LogP contribution >= 0.6 is 0 Å².